The minimum absolute atomic E-state index is 0.268. The number of rotatable bonds is 6. The number of thioether (sulfide) groups is 1. The number of aromatic nitrogens is 1. The van der Waals surface area contributed by atoms with E-state index in [1.54, 1.807) is 30.1 Å². The summed E-state index contributed by atoms with van der Waals surface area (Å²) < 4.78 is 29.3. The number of anilines is 1. The van der Waals surface area contributed by atoms with Gasteiger partial charge in [0, 0.05) is 36.1 Å². The van der Waals surface area contributed by atoms with Gasteiger partial charge in [0.25, 0.3) is 10.0 Å². The summed E-state index contributed by atoms with van der Waals surface area (Å²) in [4.78, 5) is 1.28. The fourth-order valence-electron chi connectivity index (χ4n) is 1.98. The van der Waals surface area contributed by atoms with Gasteiger partial charge < -0.3 is 9.88 Å². The van der Waals surface area contributed by atoms with Crippen molar-refractivity contribution in [3.8, 4) is 0 Å². The highest BCUT2D eigenvalue weighted by atomic mass is 32.2. The molecule has 0 atom stereocenters. The number of nitrogens with zero attached hydrogens (tertiary/aromatic N) is 1. The fourth-order valence-corrected chi connectivity index (χ4v) is 3.58. The molecule has 2 rings (SSSR count). The van der Waals surface area contributed by atoms with Gasteiger partial charge in [0.15, 0.2) is 0 Å². The van der Waals surface area contributed by atoms with Crippen molar-refractivity contribution in [2.24, 2.45) is 7.05 Å². The molecule has 114 valence electrons. The van der Waals surface area contributed by atoms with E-state index in [0.29, 0.717) is 12.2 Å². The van der Waals surface area contributed by atoms with Crippen LogP contribution in [0.5, 0.6) is 0 Å². The fraction of sp³-hybridized carbons (Fsp3) is 0.286. The van der Waals surface area contributed by atoms with E-state index in [9.17, 15) is 8.42 Å². The Kier molecular flexibility index (Phi) is 4.97. The number of benzene rings is 1. The normalized spacial score (nSPS) is 11.6. The largest absolute Gasteiger partial charge is 0.352 e. The van der Waals surface area contributed by atoms with Crippen LogP contribution in [0.15, 0.2) is 46.3 Å². The summed E-state index contributed by atoms with van der Waals surface area (Å²) in [5.41, 5.74) is 1.48. The summed E-state index contributed by atoms with van der Waals surface area (Å²) in [6, 6.07) is 9.02. The highest BCUT2D eigenvalue weighted by Gasteiger charge is 2.17. The number of hydrogen-bond donors (Lipinski definition) is 2. The van der Waals surface area contributed by atoms with Crippen molar-refractivity contribution in [2.45, 2.75) is 16.3 Å². The van der Waals surface area contributed by atoms with Crippen LogP contribution < -0.4 is 10.0 Å². The second kappa shape index (κ2) is 6.55. The minimum atomic E-state index is -3.57. The molecule has 0 aliphatic heterocycles. The van der Waals surface area contributed by atoms with E-state index in [1.165, 1.54) is 0 Å². The SMILES string of the molecule is CNCc1cc(S(=O)(=O)Nc2cccc(SC)c2)cn1C. The summed E-state index contributed by atoms with van der Waals surface area (Å²) in [5, 5.41) is 3.02. The van der Waals surface area contributed by atoms with E-state index in [4.69, 9.17) is 0 Å². The summed E-state index contributed by atoms with van der Waals surface area (Å²) in [5.74, 6) is 0. The maximum atomic E-state index is 12.4. The van der Waals surface area contributed by atoms with Crippen molar-refractivity contribution in [2.75, 3.05) is 18.0 Å². The standard InChI is InChI=1S/C14H19N3O2S2/c1-15-9-12-8-14(10-17(12)2)21(18,19)16-11-5-4-6-13(7-11)20-3/h4-8,10,15-16H,9H2,1-3H3. The summed E-state index contributed by atoms with van der Waals surface area (Å²) in [6.45, 7) is 0.619. The van der Waals surface area contributed by atoms with Gasteiger partial charge >= 0.3 is 0 Å². The Balaban J connectivity index is 2.27. The number of nitrogens with one attached hydrogen (secondary N) is 2. The first kappa shape index (κ1) is 15.9. The van der Waals surface area contributed by atoms with Crippen LogP contribution in [0.25, 0.3) is 0 Å². The van der Waals surface area contributed by atoms with Crippen LogP contribution in [0.2, 0.25) is 0 Å². The zero-order chi connectivity index (χ0) is 15.5. The Hall–Kier alpha value is -1.44. The molecule has 0 saturated carbocycles. The number of sulfonamides is 1. The lowest BCUT2D eigenvalue weighted by Crippen LogP contribution is -2.12. The van der Waals surface area contributed by atoms with Gasteiger partial charge in [0.2, 0.25) is 0 Å². The first-order chi connectivity index (χ1) is 9.96. The van der Waals surface area contributed by atoms with Gasteiger partial charge in [-0.05, 0) is 37.6 Å². The number of aryl methyl sites for hydroxylation is 1. The van der Waals surface area contributed by atoms with E-state index < -0.39 is 10.0 Å². The topological polar surface area (TPSA) is 63.1 Å². The molecule has 0 aliphatic rings. The molecule has 0 saturated heterocycles. The second-order valence-electron chi connectivity index (χ2n) is 4.65. The van der Waals surface area contributed by atoms with Crippen molar-refractivity contribution < 1.29 is 8.42 Å². The van der Waals surface area contributed by atoms with Gasteiger partial charge in [-0.1, -0.05) is 6.07 Å². The molecule has 7 heteroatoms. The maximum absolute atomic E-state index is 12.4. The third-order valence-corrected chi connectivity index (χ3v) is 5.15. The second-order valence-corrected chi connectivity index (χ2v) is 7.21. The molecule has 0 spiro atoms. The maximum Gasteiger partial charge on any atom is 0.263 e. The van der Waals surface area contributed by atoms with E-state index >= 15 is 0 Å². The molecule has 21 heavy (non-hydrogen) atoms. The Morgan fingerprint density at radius 3 is 2.71 bits per heavy atom. The molecule has 0 fully saturated rings. The van der Waals surface area contributed by atoms with Crippen LogP contribution >= 0.6 is 11.8 Å². The van der Waals surface area contributed by atoms with Gasteiger partial charge in [-0.15, -0.1) is 11.8 Å². The van der Waals surface area contributed by atoms with Crippen LogP contribution in [0.3, 0.4) is 0 Å². The lowest BCUT2D eigenvalue weighted by Gasteiger charge is -2.07. The monoisotopic (exact) mass is 325 g/mol. The van der Waals surface area contributed by atoms with Crippen LogP contribution in [0.4, 0.5) is 5.69 Å². The first-order valence-corrected chi connectivity index (χ1v) is 9.14. The molecule has 1 aromatic heterocycles. The van der Waals surface area contributed by atoms with Crippen LogP contribution in [0, 0.1) is 0 Å². The highest BCUT2D eigenvalue weighted by Crippen LogP contribution is 2.22. The summed E-state index contributed by atoms with van der Waals surface area (Å²) >= 11 is 1.57. The Labute approximate surface area is 129 Å². The molecule has 1 aromatic carbocycles. The van der Waals surface area contributed by atoms with Crippen LogP contribution in [-0.4, -0.2) is 26.3 Å². The Morgan fingerprint density at radius 2 is 2.05 bits per heavy atom. The third-order valence-electron chi connectivity index (χ3n) is 3.07. The van der Waals surface area contributed by atoms with Crippen molar-refractivity contribution in [3.63, 3.8) is 0 Å². The van der Waals surface area contributed by atoms with E-state index in [-0.39, 0.29) is 4.90 Å². The van der Waals surface area contributed by atoms with Gasteiger partial charge in [-0.2, -0.15) is 0 Å². The minimum Gasteiger partial charge on any atom is -0.352 e. The lowest BCUT2D eigenvalue weighted by molar-refractivity contribution is 0.601. The molecule has 0 bridgehead atoms. The zero-order valence-electron chi connectivity index (χ0n) is 12.3. The van der Waals surface area contributed by atoms with Crippen LogP contribution in [0.1, 0.15) is 5.69 Å². The van der Waals surface area contributed by atoms with Crippen molar-refractivity contribution in [3.05, 3.63) is 42.2 Å². The Morgan fingerprint density at radius 1 is 1.29 bits per heavy atom. The molecular formula is C14H19N3O2S2. The quantitative estimate of drug-likeness (QED) is 0.800. The molecule has 2 aromatic rings. The molecule has 1 heterocycles. The lowest BCUT2D eigenvalue weighted by atomic mass is 10.3. The van der Waals surface area contributed by atoms with Gasteiger partial charge in [-0.25, -0.2) is 8.42 Å². The molecule has 0 radical (unpaired) electrons. The summed E-state index contributed by atoms with van der Waals surface area (Å²) in [6.07, 6.45) is 3.57. The predicted octanol–water partition coefficient (Wildman–Crippen LogP) is 2.27. The Bertz CT molecular complexity index is 724. The smallest absolute Gasteiger partial charge is 0.263 e. The van der Waals surface area contributed by atoms with Crippen molar-refractivity contribution in [1.82, 2.24) is 9.88 Å². The van der Waals surface area contributed by atoms with E-state index in [1.807, 2.05) is 43.1 Å². The van der Waals surface area contributed by atoms with Crippen molar-refractivity contribution >= 4 is 27.5 Å². The number of hydrogen-bond acceptors (Lipinski definition) is 4. The molecule has 5 nitrogen and oxygen atoms in total. The summed E-state index contributed by atoms with van der Waals surface area (Å²) in [7, 11) is 0.0939. The molecule has 2 N–H and O–H groups in total. The molecule has 0 aliphatic carbocycles. The first-order valence-electron chi connectivity index (χ1n) is 6.43. The van der Waals surface area contributed by atoms with Gasteiger partial charge in [0.05, 0.1) is 0 Å². The molecule has 0 unspecified atom stereocenters. The van der Waals surface area contributed by atoms with Crippen LogP contribution in [-0.2, 0) is 23.6 Å². The van der Waals surface area contributed by atoms with Crippen molar-refractivity contribution in [1.29, 1.82) is 0 Å². The average Bonchev–Trinajstić information content (AvgIpc) is 2.81. The third kappa shape index (κ3) is 3.81. The highest BCUT2D eigenvalue weighted by molar-refractivity contribution is 7.98. The van der Waals surface area contributed by atoms with Gasteiger partial charge in [0.1, 0.15) is 4.90 Å². The zero-order valence-corrected chi connectivity index (χ0v) is 13.9. The van der Waals surface area contributed by atoms with E-state index in [2.05, 4.69) is 10.0 Å². The van der Waals surface area contributed by atoms with E-state index in [0.717, 1.165) is 10.6 Å². The predicted molar refractivity (Wildman–Crippen MR) is 87.2 cm³/mol. The molecular weight excluding hydrogens is 306 g/mol. The average molecular weight is 325 g/mol. The molecule has 0 amide bonds. The van der Waals surface area contributed by atoms with Gasteiger partial charge in [-0.3, -0.25) is 4.72 Å².